The molecule has 0 aliphatic carbocycles. The molecule has 3 aromatic carbocycles. The number of aryl methyl sites for hydroxylation is 1. The molecule has 0 fully saturated rings. The summed E-state index contributed by atoms with van der Waals surface area (Å²) >= 11 is 0. The van der Waals surface area contributed by atoms with Gasteiger partial charge in [-0.05, 0) is 60.9 Å². The van der Waals surface area contributed by atoms with Gasteiger partial charge >= 0.3 is 6.03 Å². The minimum Gasteiger partial charge on any atom is -0.493 e. The molecule has 164 valence electrons. The Hall–Kier alpha value is -3.80. The van der Waals surface area contributed by atoms with Gasteiger partial charge in [0, 0.05) is 35.6 Å². The highest BCUT2D eigenvalue weighted by Crippen LogP contribution is 2.33. The Labute approximate surface area is 188 Å². The summed E-state index contributed by atoms with van der Waals surface area (Å²) in [6.07, 6.45) is 1.59. The minimum atomic E-state index is -0.270. The van der Waals surface area contributed by atoms with E-state index in [2.05, 4.69) is 10.6 Å². The lowest BCUT2D eigenvalue weighted by molar-refractivity contribution is 0.262. The van der Waals surface area contributed by atoms with Crippen molar-refractivity contribution in [2.24, 2.45) is 4.99 Å². The van der Waals surface area contributed by atoms with Gasteiger partial charge in [0.1, 0.15) is 0 Å². The van der Waals surface area contributed by atoms with Gasteiger partial charge in [0.25, 0.3) is 0 Å². The first-order valence-corrected chi connectivity index (χ1v) is 10.6. The number of aliphatic imine (C=N–C) groups is 1. The van der Waals surface area contributed by atoms with Gasteiger partial charge in [-0.3, -0.25) is 4.99 Å². The maximum Gasteiger partial charge on any atom is 0.323 e. The summed E-state index contributed by atoms with van der Waals surface area (Å²) in [6, 6.07) is 19.3. The molecule has 0 saturated heterocycles. The van der Waals surface area contributed by atoms with Crippen LogP contribution in [0, 0.1) is 6.92 Å². The van der Waals surface area contributed by atoms with Crippen LogP contribution in [0.2, 0.25) is 0 Å². The number of fused-ring (bicyclic) bond motifs is 1. The van der Waals surface area contributed by atoms with Crippen LogP contribution in [0.15, 0.2) is 65.7 Å². The van der Waals surface area contributed by atoms with E-state index in [1.165, 1.54) is 5.56 Å². The highest BCUT2D eigenvalue weighted by Gasteiger charge is 2.18. The van der Waals surface area contributed by atoms with Crippen LogP contribution < -0.4 is 20.1 Å². The van der Waals surface area contributed by atoms with Gasteiger partial charge in [-0.2, -0.15) is 0 Å². The van der Waals surface area contributed by atoms with Gasteiger partial charge in [0.2, 0.25) is 0 Å². The maximum atomic E-state index is 12.3. The van der Waals surface area contributed by atoms with Crippen molar-refractivity contribution in [3.8, 4) is 11.5 Å². The SMILES string of the molecule is COc1cc2c(cc1OC)C(Cc1ccc(NC(=O)Nc3ccc(C)cc3)cc1)=NCC2. The van der Waals surface area contributed by atoms with Gasteiger partial charge in [-0.1, -0.05) is 29.8 Å². The maximum absolute atomic E-state index is 12.3. The Morgan fingerprint density at radius 3 is 2.12 bits per heavy atom. The van der Waals surface area contributed by atoms with E-state index in [0.717, 1.165) is 52.5 Å². The molecule has 0 saturated carbocycles. The second kappa shape index (κ2) is 9.56. The average Bonchev–Trinajstić information content (AvgIpc) is 2.81. The number of hydrogen-bond acceptors (Lipinski definition) is 4. The topological polar surface area (TPSA) is 72.0 Å². The molecule has 0 bridgehead atoms. The zero-order chi connectivity index (χ0) is 22.5. The molecule has 2 N–H and O–H groups in total. The predicted octanol–water partition coefficient (Wildman–Crippen LogP) is 5.24. The van der Waals surface area contributed by atoms with Crippen LogP contribution >= 0.6 is 0 Å². The first-order chi connectivity index (χ1) is 15.6. The first kappa shape index (κ1) is 21.4. The fourth-order valence-electron chi connectivity index (χ4n) is 3.77. The van der Waals surface area contributed by atoms with E-state index in [4.69, 9.17) is 14.5 Å². The largest absolute Gasteiger partial charge is 0.493 e. The third-order valence-corrected chi connectivity index (χ3v) is 5.50. The van der Waals surface area contributed by atoms with E-state index < -0.39 is 0 Å². The average molecular weight is 430 g/mol. The Balaban J connectivity index is 1.42. The van der Waals surface area contributed by atoms with Crippen molar-refractivity contribution in [1.82, 2.24) is 0 Å². The van der Waals surface area contributed by atoms with Crippen LogP contribution in [-0.4, -0.2) is 32.5 Å². The quantitative estimate of drug-likeness (QED) is 0.563. The number of urea groups is 1. The number of nitrogens with one attached hydrogen (secondary N) is 2. The Morgan fingerprint density at radius 1 is 0.906 bits per heavy atom. The number of rotatable bonds is 6. The molecule has 1 heterocycles. The van der Waals surface area contributed by atoms with E-state index >= 15 is 0 Å². The van der Waals surface area contributed by atoms with Crippen LogP contribution in [-0.2, 0) is 12.8 Å². The smallest absolute Gasteiger partial charge is 0.323 e. The summed E-state index contributed by atoms with van der Waals surface area (Å²) in [6.45, 7) is 2.77. The first-order valence-electron chi connectivity index (χ1n) is 10.6. The molecule has 1 aliphatic rings. The molecule has 0 unspecified atom stereocenters. The summed E-state index contributed by atoms with van der Waals surface area (Å²) in [4.78, 5) is 17.0. The monoisotopic (exact) mass is 429 g/mol. The number of hydrogen-bond donors (Lipinski definition) is 2. The highest BCUT2D eigenvalue weighted by atomic mass is 16.5. The predicted molar refractivity (Wildman–Crippen MR) is 129 cm³/mol. The van der Waals surface area contributed by atoms with E-state index in [0.29, 0.717) is 12.2 Å². The molecule has 0 radical (unpaired) electrons. The van der Waals surface area contributed by atoms with Crippen molar-refractivity contribution in [3.05, 3.63) is 82.9 Å². The molecule has 3 aromatic rings. The summed E-state index contributed by atoms with van der Waals surface area (Å²) in [7, 11) is 3.29. The van der Waals surface area contributed by atoms with Crippen molar-refractivity contribution in [2.75, 3.05) is 31.4 Å². The molecule has 2 amide bonds. The number of amides is 2. The number of benzene rings is 3. The van der Waals surface area contributed by atoms with Gasteiger partial charge in [-0.15, -0.1) is 0 Å². The molecule has 32 heavy (non-hydrogen) atoms. The van der Waals surface area contributed by atoms with E-state index in [9.17, 15) is 4.79 Å². The summed E-state index contributed by atoms with van der Waals surface area (Å²) < 4.78 is 10.9. The van der Waals surface area contributed by atoms with Crippen LogP contribution in [0.1, 0.15) is 22.3 Å². The second-order valence-corrected chi connectivity index (χ2v) is 7.76. The number of carbonyl (C=O) groups excluding carboxylic acids is 1. The third kappa shape index (κ3) is 4.91. The zero-order valence-corrected chi connectivity index (χ0v) is 18.6. The van der Waals surface area contributed by atoms with Crippen LogP contribution in [0.4, 0.5) is 16.2 Å². The van der Waals surface area contributed by atoms with Crippen molar-refractivity contribution in [3.63, 3.8) is 0 Å². The van der Waals surface area contributed by atoms with Gasteiger partial charge in [-0.25, -0.2) is 4.79 Å². The van der Waals surface area contributed by atoms with Gasteiger partial charge < -0.3 is 20.1 Å². The van der Waals surface area contributed by atoms with E-state index in [1.807, 2.05) is 67.6 Å². The van der Waals surface area contributed by atoms with Crippen molar-refractivity contribution < 1.29 is 14.3 Å². The minimum absolute atomic E-state index is 0.270. The number of carbonyl (C=O) groups is 1. The molecule has 0 atom stereocenters. The fraction of sp³-hybridized carbons (Fsp3) is 0.231. The number of methoxy groups -OCH3 is 2. The van der Waals surface area contributed by atoms with E-state index in [-0.39, 0.29) is 6.03 Å². The molecule has 0 spiro atoms. The lowest BCUT2D eigenvalue weighted by atomic mass is 9.93. The number of nitrogens with zero attached hydrogens (tertiary/aromatic N) is 1. The third-order valence-electron chi connectivity index (χ3n) is 5.50. The molecule has 6 nitrogen and oxygen atoms in total. The Morgan fingerprint density at radius 2 is 1.50 bits per heavy atom. The van der Waals surface area contributed by atoms with Crippen LogP contribution in [0.25, 0.3) is 0 Å². The van der Waals surface area contributed by atoms with Crippen molar-refractivity contribution in [1.29, 1.82) is 0 Å². The van der Waals surface area contributed by atoms with Gasteiger partial charge in [0.05, 0.1) is 14.2 Å². The zero-order valence-electron chi connectivity index (χ0n) is 18.6. The summed E-state index contributed by atoms with van der Waals surface area (Å²) in [5.41, 5.74) is 7.11. The highest BCUT2D eigenvalue weighted by molar-refractivity contribution is 6.04. The molecule has 6 heteroatoms. The number of ether oxygens (including phenoxy) is 2. The van der Waals surface area contributed by atoms with Crippen LogP contribution in [0.3, 0.4) is 0 Å². The normalized spacial score (nSPS) is 12.4. The van der Waals surface area contributed by atoms with Crippen molar-refractivity contribution >= 4 is 23.1 Å². The summed E-state index contributed by atoms with van der Waals surface area (Å²) in [5, 5.41) is 5.71. The van der Waals surface area contributed by atoms with Crippen LogP contribution in [0.5, 0.6) is 11.5 Å². The molecule has 0 aromatic heterocycles. The molecule has 1 aliphatic heterocycles. The number of anilines is 2. The molecular formula is C26H27N3O3. The standard InChI is InChI=1S/C26H27N3O3/c1-17-4-8-20(9-5-17)28-26(30)29-21-10-6-18(7-11-21)14-23-22-16-25(32-3)24(31-2)15-19(22)12-13-27-23/h4-11,15-16H,12-14H2,1-3H3,(H2,28,29,30). The lowest BCUT2D eigenvalue weighted by Gasteiger charge is -2.20. The lowest BCUT2D eigenvalue weighted by Crippen LogP contribution is -2.19. The molecular weight excluding hydrogens is 402 g/mol. The van der Waals surface area contributed by atoms with E-state index in [1.54, 1.807) is 14.2 Å². The fourth-order valence-corrected chi connectivity index (χ4v) is 3.77. The second-order valence-electron chi connectivity index (χ2n) is 7.76. The van der Waals surface area contributed by atoms with Gasteiger partial charge in [0.15, 0.2) is 11.5 Å². The summed E-state index contributed by atoms with van der Waals surface area (Å²) in [5.74, 6) is 1.45. The van der Waals surface area contributed by atoms with Crippen molar-refractivity contribution in [2.45, 2.75) is 19.8 Å². The molecule has 4 rings (SSSR count). The Kier molecular flexibility index (Phi) is 6.40. The Bertz CT molecular complexity index is 1140.